The van der Waals surface area contributed by atoms with Gasteiger partial charge in [-0.2, -0.15) is 4.98 Å². The van der Waals surface area contributed by atoms with Crippen LogP contribution in [-0.2, 0) is 0 Å². The van der Waals surface area contributed by atoms with Gasteiger partial charge in [-0.15, -0.1) is 12.4 Å². The predicted octanol–water partition coefficient (Wildman–Crippen LogP) is 4.11. The van der Waals surface area contributed by atoms with Gasteiger partial charge in [-0.25, -0.2) is 14.4 Å². The zero-order chi connectivity index (χ0) is 21.8. The first-order chi connectivity index (χ1) is 15.0. The molecular weight excluding hydrogens is 433 g/mol. The number of hydrogen-bond donors (Lipinski definition) is 2. The van der Waals surface area contributed by atoms with E-state index in [0.29, 0.717) is 23.8 Å². The van der Waals surface area contributed by atoms with E-state index in [1.165, 1.54) is 12.4 Å². The fourth-order valence-corrected chi connectivity index (χ4v) is 3.37. The Bertz CT molecular complexity index is 1040. The maximum Gasteiger partial charge on any atom is 0.226 e. The average molecular weight is 460 g/mol. The van der Waals surface area contributed by atoms with Gasteiger partial charge in [-0.1, -0.05) is 12.5 Å². The second-order valence-corrected chi connectivity index (χ2v) is 7.85. The number of halogens is 2. The van der Waals surface area contributed by atoms with Gasteiger partial charge in [0.25, 0.3) is 0 Å². The summed E-state index contributed by atoms with van der Waals surface area (Å²) in [6, 6.07) is 5.26. The third-order valence-corrected chi connectivity index (χ3v) is 5.30. The normalized spacial score (nSPS) is 13.4. The van der Waals surface area contributed by atoms with Crippen molar-refractivity contribution in [1.82, 2.24) is 24.8 Å². The number of nitrogen functional groups attached to an aromatic ring is 1. The van der Waals surface area contributed by atoms with Gasteiger partial charge in [0.15, 0.2) is 11.6 Å². The Kier molecular flexibility index (Phi) is 7.76. The Morgan fingerprint density at radius 3 is 2.62 bits per heavy atom. The maximum absolute atomic E-state index is 15.6. The highest BCUT2D eigenvalue weighted by molar-refractivity contribution is 5.85. The van der Waals surface area contributed by atoms with Crippen molar-refractivity contribution in [2.75, 3.05) is 38.2 Å². The maximum atomic E-state index is 15.6. The molecule has 3 N–H and O–H groups in total. The van der Waals surface area contributed by atoms with E-state index < -0.39 is 5.82 Å². The molecule has 0 unspecified atom stereocenters. The fraction of sp³-hybridized carbons (Fsp3) is 0.364. The molecule has 32 heavy (non-hydrogen) atoms. The number of nitrogens with zero attached hydrogens (tertiary/aromatic N) is 5. The first kappa shape index (κ1) is 23.6. The van der Waals surface area contributed by atoms with Crippen molar-refractivity contribution in [2.45, 2.75) is 25.2 Å². The quantitative estimate of drug-likeness (QED) is 0.518. The molecule has 0 aliphatic heterocycles. The molecule has 1 fully saturated rings. The lowest BCUT2D eigenvalue weighted by atomic mass is 9.79. The summed E-state index contributed by atoms with van der Waals surface area (Å²) in [7, 11) is 3.98. The summed E-state index contributed by atoms with van der Waals surface area (Å²) in [6.45, 7) is 1.52. The topological polar surface area (TPSA) is 102 Å². The van der Waals surface area contributed by atoms with Crippen LogP contribution in [0.4, 0.5) is 16.2 Å². The highest BCUT2D eigenvalue weighted by Crippen LogP contribution is 2.44. The summed E-state index contributed by atoms with van der Waals surface area (Å²) < 4.78 is 21.6. The van der Waals surface area contributed by atoms with Gasteiger partial charge in [0.1, 0.15) is 5.82 Å². The van der Waals surface area contributed by atoms with Crippen molar-refractivity contribution in [1.29, 1.82) is 0 Å². The molecule has 1 aliphatic rings. The molecule has 0 radical (unpaired) electrons. The van der Waals surface area contributed by atoms with E-state index in [9.17, 15) is 0 Å². The number of rotatable bonds is 8. The van der Waals surface area contributed by atoms with Crippen LogP contribution >= 0.6 is 12.4 Å². The number of ether oxygens (including phenoxy) is 1. The smallest absolute Gasteiger partial charge is 0.226 e. The molecule has 10 heteroatoms. The zero-order valence-corrected chi connectivity index (χ0v) is 18.9. The van der Waals surface area contributed by atoms with Gasteiger partial charge in [-0.3, -0.25) is 4.98 Å². The summed E-state index contributed by atoms with van der Waals surface area (Å²) >= 11 is 0. The van der Waals surface area contributed by atoms with Crippen molar-refractivity contribution in [3.8, 4) is 22.9 Å². The number of benzene rings is 1. The Morgan fingerprint density at radius 2 is 1.97 bits per heavy atom. The Labute approximate surface area is 192 Å². The summed E-state index contributed by atoms with van der Waals surface area (Å²) in [5, 5.41) is 3.15. The largest absolute Gasteiger partial charge is 0.435 e. The average Bonchev–Trinajstić information content (AvgIpc) is 2.70. The molecule has 1 aromatic carbocycles. The van der Waals surface area contributed by atoms with Crippen molar-refractivity contribution in [2.24, 2.45) is 0 Å². The van der Waals surface area contributed by atoms with E-state index >= 15 is 4.39 Å². The fourth-order valence-electron chi connectivity index (χ4n) is 3.37. The molecule has 2 heterocycles. The van der Waals surface area contributed by atoms with Crippen LogP contribution in [0, 0.1) is 5.82 Å². The number of aromatic nitrogens is 4. The van der Waals surface area contributed by atoms with Crippen molar-refractivity contribution in [3.05, 3.63) is 48.2 Å². The van der Waals surface area contributed by atoms with E-state index in [2.05, 4.69) is 30.2 Å². The lowest BCUT2D eigenvalue weighted by molar-refractivity contribution is 0.378. The predicted molar refractivity (Wildman–Crippen MR) is 125 cm³/mol. The first-order valence-corrected chi connectivity index (χ1v) is 10.3. The van der Waals surface area contributed by atoms with Crippen LogP contribution in [0.25, 0.3) is 11.3 Å². The van der Waals surface area contributed by atoms with Crippen molar-refractivity contribution >= 4 is 24.2 Å². The molecule has 0 amide bonds. The zero-order valence-electron chi connectivity index (χ0n) is 18.1. The molecule has 8 nitrogen and oxygen atoms in total. The van der Waals surface area contributed by atoms with Crippen LogP contribution < -0.4 is 15.8 Å². The van der Waals surface area contributed by atoms with Gasteiger partial charge in [-0.05, 0) is 38.9 Å². The molecule has 0 bridgehead atoms. The van der Waals surface area contributed by atoms with Gasteiger partial charge >= 0.3 is 0 Å². The highest BCUT2D eigenvalue weighted by Gasteiger charge is 2.27. The number of hydrogen-bond acceptors (Lipinski definition) is 8. The lowest BCUT2D eigenvalue weighted by Gasteiger charge is -2.28. The van der Waals surface area contributed by atoms with Gasteiger partial charge < -0.3 is 20.7 Å². The highest BCUT2D eigenvalue weighted by atomic mass is 35.5. The summed E-state index contributed by atoms with van der Waals surface area (Å²) in [5.74, 6) is 0.966. The Hall–Kier alpha value is -3.04. The summed E-state index contributed by atoms with van der Waals surface area (Å²) in [6.07, 6.45) is 7.61. The molecule has 4 rings (SSSR count). The lowest BCUT2D eigenvalue weighted by Crippen LogP contribution is -2.21. The second kappa shape index (κ2) is 10.5. The molecule has 0 spiro atoms. The SMILES string of the molecule is CN(C)CCNc1nccc(Oc2c(C3CCC3)ccc(-c3cnc(N)cn3)c2F)n1.Cl. The number of nitrogens with one attached hydrogen (secondary N) is 1. The number of anilines is 2. The molecule has 3 aromatic rings. The third kappa shape index (κ3) is 5.41. The van der Waals surface area contributed by atoms with Crippen molar-refractivity contribution < 1.29 is 9.13 Å². The Balaban J connectivity index is 0.00000289. The van der Waals surface area contributed by atoms with Crippen LogP contribution in [0.15, 0.2) is 36.8 Å². The van der Waals surface area contributed by atoms with Crippen molar-refractivity contribution in [3.63, 3.8) is 0 Å². The summed E-state index contributed by atoms with van der Waals surface area (Å²) in [5.41, 5.74) is 7.16. The van der Waals surface area contributed by atoms with E-state index in [4.69, 9.17) is 10.5 Å². The van der Waals surface area contributed by atoms with Crippen LogP contribution in [0.3, 0.4) is 0 Å². The Morgan fingerprint density at radius 1 is 1.16 bits per heavy atom. The first-order valence-electron chi connectivity index (χ1n) is 10.3. The minimum atomic E-state index is -0.482. The minimum absolute atomic E-state index is 0. The van der Waals surface area contributed by atoms with E-state index in [0.717, 1.165) is 31.4 Å². The van der Waals surface area contributed by atoms with E-state index in [1.807, 2.05) is 20.2 Å². The van der Waals surface area contributed by atoms with Gasteiger partial charge in [0, 0.05) is 36.5 Å². The molecule has 170 valence electrons. The van der Waals surface area contributed by atoms with Gasteiger partial charge in [0.05, 0.1) is 18.1 Å². The van der Waals surface area contributed by atoms with E-state index in [-0.39, 0.29) is 35.8 Å². The second-order valence-electron chi connectivity index (χ2n) is 7.85. The number of likely N-dealkylation sites (N-methyl/N-ethyl adjacent to an activating group) is 1. The van der Waals surface area contributed by atoms with Gasteiger partial charge in [0.2, 0.25) is 11.8 Å². The molecule has 0 atom stereocenters. The molecule has 0 saturated heterocycles. The van der Waals surface area contributed by atoms with Crippen LogP contribution in [0.5, 0.6) is 11.6 Å². The molecular formula is C22H27ClFN7O. The summed E-state index contributed by atoms with van der Waals surface area (Å²) in [4.78, 5) is 18.9. The minimum Gasteiger partial charge on any atom is -0.435 e. The van der Waals surface area contributed by atoms with Crippen LogP contribution in [0.2, 0.25) is 0 Å². The third-order valence-electron chi connectivity index (χ3n) is 5.30. The van der Waals surface area contributed by atoms with E-state index in [1.54, 1.807) is 18.3 Å². The number of nitrogens with two attached hydrogens (primary N) is 1. The molecule has 2 aromatic heterocycles. The molecule has 1 saturated carbocycles. The van der Waals surface area contributed by atoms with Crippen LogP contribution in [0.1, 0.15) is 30.7 Å². The van der Waals surface area contributed by atoms with Crippen LogP contribution in [-0.4, -0.2) is 52.0 Å². The monoisotopic (exact) mass is 459 g/mol. The molecule has 1 aliphatic carbocycles. The standard InChI is InChI=1S/C22H26FN7O.ClH/c1-30(2)11-10-26-22-25-9-8-19(29-22)31-21-15(14-4-3-5-14)6-7-16(20(21)23)17-12-28-18(24)13-27-17;/h6-9,12-14H,3-5,10-11H2,1-2H3,(H2,24,28)(H,25,26,29);1H.